The topological polar surface area (TPSA) is 115 Å². The number of nitrogens with two attached hydrogens (primary N) is 1. The Bertz CT molecular complexity index is 1210. The molecule has 0 spiro atoms. The van der Waals surface area contributed by atoms with Gasteiger partial charge in [-0.2, -0.15) is 13.2 Å². The van der Waals surface area contributed by atoms with Gasteiger partial charge in [-0.15, -0.1) is 0 Å². The van der Waals surface area contributed by atoms with Gasteiger partial charge in [0, 0.05) is 5.69 Å². The van der Waals surface area contributed by atoms with E-state index in [1.807, 2.05) is 0 Å². The van der Waals surface area contributed by atoms with Crippen LogP contribution in [-0.2, 0) is 16.2 Å². The van der Waals surface area contributed by atoms with Gasteiger partial charge >= 0.3 is 12.1 Å². The lowest BCUT2D eigenvalue weighted by Crippen LogP contribution is -2.17. The molecule has 13 heteroatoms. The maximum Gasteiger partial charge on any atom is 0.468 e. The molecule has 0 unspecified atom stereocenters. The number of hydrogen-bond donors (Lipinski definition) is 2. The van der Waals surface area contributed by atoms with Crippen molar-refractivity contribution in [3.05, 3.63) is 52.6 Å². The summed E-state index contributed by atoms with van der Waals surface area (Å²) >= 11 is 5.59. The molecule has 3 rings (SSSR count). The van der Waals surface area contributed by atoms with Crippen LogP contribution in [0.15, 0.2) is 39.6 Å². The van der Waals surface area contributed by atoms with Gasteiger partial charge in [-0.3, -0.25) is 4.79 Å². The minimum atomic E-state index is -4.80. The zero-order chi connectivity index (χ0) is 20.9. The van der Waals surface area contributed by atoms with E-state index in [4.69, 9.17) is 16.7 Å². The van der Waals surface area contributed by atoms with E-state index in [-0.39, 0.29) is 16.8 Å². The third kappa shape index (κ3) is 3.93. The molecule has 0 fully saturated rings. The van der Waals surface area contributed by atoms with Gasteiger partial charge < -0.3 is 9.73 Å². The molecule has 148 valence electrons. The molecule has 28 heavy (non-hydrogen) atoms. The van der Waals surface area contributed by atoms with E-state index in [1.54, 1.807) is 0 Å². The summed E-state index contributed by atoms with van der Waals surface area (Å²) in [5.74, 6) is -3.78. The molecule has 1 aromatic heterocycles. The number of oxazole rings is 1. The van der Waals surface area contributed by atoms with Gasteiger partial charge in [0.15, 0.2) is 11.4 Å². The lowest BCUT2D eigenvalue weighted by Gasteiger charge is -2.09. The molecule has 1 amide bonds. The second-order valence-corrected chi connectivity index (χ2v) is 7.43. The minimum absolute atomic E-state index is 0.0453. The normalized spacial score (nSPS) is 12.4. The number of benzene rings is 2. The standard InChI is InChI=1S/C15H8ClF4N3O4S/c16-9-5-7(28(21,25)26)4-8(12(9)17)13(24)22-6-1-2-11-10(3-6)23-14(27-11)15(18,19)20/h1-5H,(H,22,24)(H2,21,25,26). The summed E-state index contributed by atoms with van der Waals surface area (Å²) in [5, 5.41) is 6.50. The third-order valence-electron chi connectivity index (χ3n) is 3.46. The van der Waals surface area contributed by atoms with Gasteiger partial charge in [0.25, 0.3) is 5.91 Å². The molecule has 0 bridgehead atoms. The van der Waals surface area contributed by atoms with Gasteiger partial charge in [-0.25, -0.2) is 22.9 Å². The molecule has 1 heterocycles. The number of rotatable bonds is 3. The SMILES string of the molecule is NS(=O)(=O)c1cc(Cl)c(F)c(C(=O)Nc2ccc3oc(C(F)(F)F)nc3c2)c1. The quantitative estimate of drug-likeness (QED) is 0.608. The van der Waals surface area contributed by atoms with Gasteiger partial charge in [-0.1, -0.05) is 11.6 Å². The van der Waals surface area contributed by atoms with Crippen LogP contribution in [0.3, 0.4) is 0 Å². The number of primary sulfonamides is 1. The summed E-state index contributed by atoms with van der Waals surface area (Å²) in [7, 11) is -4.27. The molecule has 0 aliphatic carbocycles. The summed E-state index contributed by atoms with van der Waals surface area (Å²) < 4.78 is 79.4. The number of anilines is 1. The lowest BCUT2D eigenvalue weighted by atomic mass is 10.2. The molecule has 0 aliphatic rings. The molecule has 2 aromatic carbocycles. The fraction of sp³-hybridized carbons (Fsp3) is 0.0667. The fourth-order valence-corrected chi connectivity index (χ4v) is 3.07. The van der Waals surface area contributed by atoms with E-state index in [1.165, 1.54) is 6.07 Å². The van der Waals surface area contributed by atoms with Crippen LogP contribution in [0.5, 0.6) is 0 Å². The first-order valence-corrected chi connectivity index (χ1v) is 9.09. The van der Waals surface area contributed by atoms with Crippen LogP contribution in [0.4, 0.5) is 23.2 Å². The second kappa shape index (κ2) is 6.72. The van der Waals surface area contributed by atoms with Crippen molar-refractivity contribution in [2.75, 3.05) is 5.32 Å². The van der Waals surface area contributed by atoms with Crippen molar-refractivity contribution in [3.8, 4) is 0 Å². The number of alkyl halides is 3. The summed E-state index contributed by atoms with van der Waals surface area (Å²) in [5.41, 5.74) is -1.17. The third-order valence-corrected chi connectivity index (χ3v) is 4.63. The molecular formula is C15H8ClF4N3O4S. The number of aromatic nitrogens is 1. The first-order valence-electron chi connectivity index (χ1n) is 7.17. The number of halogens is 5. The number of fused-ring (bicyclic) bond motifs is 1. The number of nitrogens with one attached hydrogen (secondary N) is 1. The Hall–Kier alpha value is -2.70. The molecular weight excluding hydrogens is 430 g/mol. The van der Waals surface area contributed by atoms with E-state index in [9.17, 15) is 30.8 Å². The highest BCUT2D eigenvalue weighted by atomic mass is 35.5. The Morgan fingerprint density at radius 3 is 2.50 bits per heavy atom. The molecule has 0 radical (unpaired) electrons. The van der Waals surface area contributed by atoms with Crippen LogP contribution < -0.4 is 10.5 Å². The van der Waals surface area contributed by atoms with Crippen molar-refractivity contribution in [2.24, 2.45) is 5.14 Å². The van der Waals surface area contributed by atoms with Crippen molar-refractivity contribution < 1.29 is 35.2 Å². The molecule has 0 aliphatic heterocycles. The van der Waals surface area contributed by atoms with Crippen molar-refractivity contribution in [2.45, 2.75) is 11.1 Å². The average molecular weight is 438 g/mol. The van der Waals surface area contributed by atoms with Gasteiger partial charge in [-0.05, 0) is 30.3 Å². The zero-order valence-electron chi connectivity index (χ0n) is 13.3. The van der Waals surface area contributed by atoms with E-state index in [2.05, 4.69) is 14.7 Å². The number of carbonyl (C=O) groups excluding carboxylic acids is 1. The van der Waals surface area contributed by atoms with Crippen LogP contribution in [0, 0.1) is 5.82 Å². The Kier molecular flexibility index (Phi) is 4.81. The fourth-order valence-electron chi connectivity index (χ4n) is 2.22. The highest BCUT2D eigenvalue weighted by Crippen LogP contribution is 2.32. The Labute approximate surface area is 159 Å². The molecule has 0 saturated heterocycles. The van der Waals surface area contributed by atoms with E-state index in [0.717, 1.165) is 18.2 Å². The minimum Gasteiger partial charge on any atom is -0.433 e. The smallest absolute Gasteiger partial charge is 0.433 e. The highest BCUT2D eigenvalue weighted by Gasteiger charge is 2.37. The Balaban J connectivity index is 1.96. The summed E-state index contributed by atoms with van der Waals surface area (Å²) in [6, 6.07) is 4.80. The van der Waals surface area contributed by atoms with Gasteiger partial charge in [0.05, 0.1) is 15.5 Å². The van der Waals surface area contributed by atoms with E-state index < -0.39 is 49.3 Å². The first kappa shape index (κ1) is 20.0. The average Bonchev–Trinajstić information content (AvgIpc) is 2.99. The van der Waals surface area contributed by atoms with E-state index in [0.29, 0.717) is 6.07 Å². The van der Waals surface area contributed by atoms with Crippen LogP contribution in [0.2, 0.25) is 5.02 Å². The number of hydrogen-bond acceptors (Lipinski definition) is 5. The highest BCUT2D eigenvalue weighted by molar-refractivity contribution is 7.89. The van der Waals surface area contributed by atoms with Crippen LogP contribution in [0.1, 0.15) is 16.2 Å². The molecule has 0 saturated carbocycles. The van der Waals surface area contributed by atoms with Crippen molar-refractivity contribution in [1.29, 1.82) is 0 Å². The number of carbonyl (C=O) groups is 1. The van der Waals surface area contributed by atoms with Crippen molar-refractivity contribution in [1.82, 2.24) is 4.98 Å². The monoisotopic (exact) mass is 437 g/mol. The largest absolute Gasteiger partial charge is 0.468 e. The number of nitrogens with zero attached hydrogens (tertiary/aromatic N) is 1. The number of sulfonamides is 1. The molecule has 3 aromatic rings. The van der Waals surface area contributed by atoms with Crippen molar-refractivity contribution >= 4 is 44.3 Å². The molecule has 3 N–H and O–H groups in total. The maximum absolute atomic E-state index is 14.1. The summed E-state index contributed by atoms with van der Waals surface area (Å²) in [6.07, 6.45) is -4.80. The van der Waals surface area contributed by atoms with Gasteiger partial charge in [0.2, 0.25) is 10.0 Å². The van der Waals surface area contributed by atoms with Crippen LogP contribution in [0.25, 0.3) is 11.1 Å². The van der Waals surface area contributed by atoms with Crippen molar-refractivity contribution in [3.63, 3.8) is 0 Å². The lowest BCUT2D eigenvalue weighted by molar-refractivity contribution is -0.156. The predicted molar refractivity (Wildman–Crippen MR) is 89.7 cm³/mol. The second-order valence-electron chi connectivity index (χ2n) is 5.47. The van der Waals surface area contributed by atoms with E-state index >= 15 is 0 Å². The predicted octanol–water partition coefficient (Wildman–Crippen LogP) is 3.54. The summed E-state index contributed by atoms with van der Waals surface area (Å²) in [4.78, 5) is 15.0. The van der Waals surface area contributed by atoms with Gasteiger partial charge in [0.1, 0.15) is 5.52 Å². The molecule has 7 nitrogen and oxygen atoms in total. The Morgan fingerprint density at radius 1 is 1.21 bits per heavy atom. The summed E-state index contributed by atoms with van der Waals surface area (Å²) in [6.45, 7) is 0. The first-order chi connectivity index (χ1) is 12.9. The molecule has 0 atom stereocenters. The van der Waals surface area contributed by atoms with Crippen LogP contribution in [-0.4, -0.2) is 19.3 Å². The number of amides is 1. The Morgan fingerprint density at radius 2 is 1.89 bits per heavy atom. The van der Waals surface area contributed by atoms with Crippen LogP contribution >= 0.6 is 11.6 Å². The maximum atomic E-state index is 14.1. The zero-order valence-corrected chi connectivity index (χ0v) is 14.9.